The molecule has 120 valence electrons. The summed E-state index contributed by atoms with van der Waals surface area (Å²) in [5, 5.41) is 16.9. The minimum atomic E-state index is -1.06. The fraction of sp³-hybridized carbons (Fsp3) is 0.667. The number of ether oxygens (including phenoxy) is 1. The summed E-state index contributed by atoms with van der Waals surface area (Å²) < 4.78 is 10.5. The van der Waals surface area contributed by atoms with Crippen LogP contribution in [0.5, 0.6) is 0 Å². The molecule has 0 aliphatic carbocycles. The molecule has 1 aromatic heterocycles. The van der Waals surface area contributed by atoms with Crippen LogP contribution in [0.3, 0.4) is 0 Å². The molecule has 0 saturated heterocycles. The normalized spacial score (nSPS) is 14.9. The van der Waals surface area contributed by atoms with Crippen LogP contribution in [0.1, 0.15) is 30.9 Å². The highest BCUT2D eigenvalue weighted by Crippen LogP contribution is 2.27. The number of aryl methyl sites for hydroxylation is 2. The number of aliphatic hydroxyl groups is 1. The summed E-state index contributed by atoms with van der Waals surface area (Å²) in [6.07, 6.45) is 0. The van der Waals surface area contributed by atoms with Gasteiger partial charge in [-0.25, -0.2) is 4.99 Å². The van der Waals surface area contributed by atoms with Gasteiger partial charge in [0.15, 0.2) is 5.96 Å². The molecule has 0 amide bonds. The number of hydrogen-bond donors (Lipinski definition) is 3. The molecule has 0 saturated carbocycles. The highest BCUT2D eigenvalue weighted by Gasteiger charge is 2.27. The molecule has 0 aromatic carbocycles. The molecule has 0 aliphatic rings. The van der Waals surface area contributed by atoms with Crippen molar-refractivity contribution in [1.82, 2.24) is 10.6 Å². The number of rotatable bonds is 7. The zero-order chi connectivity index (χ0) is 15.9. The molecule has 1 unspecified atom stereocenters. The second kappa shape index (κ2) is 8.05. The lowest BCUT2D eigenvalue weighted by molar-refractivity contribution is 0.0657. The third-order valence-corrected chi connectivity index (χ3v) is 3.11. The number of aliphatic imine (C=N–C) groups is 1. The summed E-state index contributed by atoms with van der Waals surface area (Å²) >= 11 is 0. The maximum Gasteiger partial charge on any atom is 0.191 e. The first-order valence-electron chi connectivity index (χ1n) is 7.21. The van der Waals surface area contributed by atoms with Crippen molar-refractivity contribution in [2.24, 2.45) is 4.99 Å². The highest BCUT2D eigenvalue weighted by molar-refractivity contribution is 5.79. The first-order valence-corrected chi connectivity index (χ1v) is 7.21. The van der Waals surface area contributed by atoms with Gasteiger partial charge in [0.2, 0.25) is 0 Å². The second-order valence-corrected chi connectivity index (χ2v) is 5.22. The zero-order valence-corrected chi connectivity index (χ0v) is 13.6. The maximum atomic E-state index is 10.6. The minimum Gasteiger partial charge on any atom is -0.466 e. The van der Waals surface area contributed by atoms with Crippen molar-refractivity contribution in [2.75, 3.05) is 33.4 Å². The Morgan fingerprint density at radius 3 is 2.67 bits per heavy atom. The lowest BCUT2D eigenvalue weighted by Crippen LogP contribution is -2.40. The Kier molecular flexibility index (Phi) is 6.71. The van der Waals surface area contributed by atoms with E-state index in [1.807, 2.05) is 26.8 Å². The van der Waals surface area contributed by atoms with E-state index in [1.54, 1.807) is 14.0 Å². The van der Waals surface area contributed by atoms with Gasteiger partial charge in [-0.1, -0.05) is 0 Å². The largest absolute Gasteiger partial charge is 0.466 e. The van der Waals surface area contributed by atoms with E-state index < -0.39 is 5.60 Å². The average Bonchev–Trinajstić information content (AvgIpc) is 2.76. The number of methoxy groups -OCH3 is 1. The molecule has 3 N–H and O–H groups in total. The SMILES string of the molecule is CCNC(=NCC(C)(O)c1cc(C)oc1C)NCCOC. The van der Waals surface area contributed by atoms with E-state index >= 15 is 0 Å². The topological polar surface area (TPSA) is 79.0 Å². The molecule has 0 fully saturated rings. The highest BCUT2D eigenvalue weighted by atomic mass is 16.5. The van der Waals surface area contributed by atoms with Gasteiger partial charge < -0.3 is 24.9 Å². The fourth-order valence-electron chi connectivity index (χ4n) is 2.10. The summed E-state index contributed by atoms with van der Waals surface area (Å²) in [4.78, 5) is 4.43. The molecule has 1 atom stereocenters. The van der Waals surface area contributed by atoms with E-state index in [1.165, 1.54) is 0 Å². The average molecular weight is 297 g/mol. The Labute approximate surface area is 126 Å². The first-order chi connectivity index (χ1) is 9.90. The van der Waals surface area contributed by atoms with Crippen LogP contribution in [0.15, 0.2) is 15.5 Å². The summed E-state index contributed by atoms with van der Waals surface area (Å²) in [5.74, 6) is 2.18. The van der Waals surface area contributed by atoms with Gasteiger partial charge in [0.1, 0.15) is 17.1 Å². The Morgan fingerprint density at radius 2 is 2.14 bits per heavy atom. The fourth-order valence-corrected chi connectivity index (χ4v) is 2.10. The van der Waals surface area contributed by atoms with Crippen LogP contribution in [0.4, 0.5) is 0 Å². The van der Waals surface area contributed by atoms with Crippen molar-refractivity contribution in [2.45, 2.75) is 33.3 Å². The van der Waals surface area contributed by atoms with Crippen molar-refractivity contribution in [3.63, 3.8) is 0 Å². The van der Waals surface area contributed by atoms with Crippen LogP contribution < -0.4 is 10.6 Å². The monoisotopic (exact) mass is 297 g/mol. The van der Waals surface area contributed by atoms with E-state index in [2.05, 4.69) is 15.6 Å². The lowest BCUT2D eigenvalue weighted by atomic mass is 9.96. The number of furan rings is 1. The van der Waals surface area contributed by atoms with Gasteiger partial charge in [0.05, 0.1) is 13.2 Å². The predicted octanol–water partition coefficient (Wildman–Crippen LogP) is 1.31. The van der Waals surface area contributed by atoms with Gasteiger partial charge in [-0.3, -0.25) is 0 Å². The zero-order valence-electron chi connectivity index (χ0n) is 13.6. The number of hydrogen-bond acceptors (Lipinski definition) is 4. The molecule has 0 radical (unpaired) electrons. The Hall–Kier alpha value is -1.53. The summed E-state index contributed by atoms with van der Waals surface area (Å²) in [6, 6.07) is 1.86. The quantitative estimate of drug-likeness (QED) is 0.402. The molecule has 1 heterocycles. The van der Waals surface area contributed by atoms with Crippen LogP contribution >= 0.6 is 0 Å². The van der Waals surface area contributed by atoms with Crippen molar-refractivity contribution >= 4 is 5.96 Å². The Bertz CT molecular complexity index is 467. The molecule has 0 bridgehead atoms. The summed E-state index contributed by atoms with van der Waals surface area (Å²) in [5.41, 5.74) is -0.290. The van der Waals surface area contributed by atoms with Crippen molar-refractivity contribution in [1.29, 1.82) is 0 Å². The van der Waals surface area contributed by atoms with Gasteiger partial charge in [-0.2, -0.15) is 0 Å². The third kappa shape index (κ3) is 5.40. The second-order valence-electron chi connectivity index (χ2n) is 5.22. The van der Waals surface area contributed by atoms with Crippen LogP contribution in [-0.4, -0.2) is 44.4 Å². The third-order valence-electron chi connectivity index (χ3n) is 3.11. The standard InChI is InChI=1S/C15H27N3O3/c1-6-16-14(17-7-8-20-5)18-10-15(4,19)13-9-11(2)21-12(13)3/h9,19H,6-8,10H2,1-5H3,(H2,16,17,18). The van der Waals surface area contributed by atoms with E-state index in [4.69, 9.17) is 9.15 Å². The van der Waals surface area contributed by atoms with Gasteiger partial charge in [0.25, 0.3) is 0 Å². The number of nitrogens with zero attached hydrogens (tertiary/aromatic N) is 1. The molecule has 6 heteroatoms. The van der Waals surface area contributed by atoms with Gasteiger partial charge in [-0.05, 0) is 33.8 Å². The van der Waals surface area contributed by atoms with Crippen molar-refractivity contribution in [3.05, 3.63) is 23.2 Å². The molecule has 0 spiro atoms. The molecular formula is C15H27N3O3. The number of nitrogens with one attached hydrogen (secondary N) is 2. The van der Waals surface area contributed by atoms with Crippen molar-refractivity contribution < 1.29 is 14.3 Å². The van der Waals surface area contributed by atoms with Crippen LogP contribution in [0.25, 0.3) is 0 Å². The lowest BCUT2D eigenvalue weighted by Gasteiger charge is -2.21. The molecule has 21 heavy (non-hydrogen) atoms. The van der Waals surface area contributed by atoms with E-state index in [-0.39, 0.29) is 6.54 Å². The van der Waals surface area contributed by atoms with Gasteiger partial charge >= 0.3 is 0 Å². The molecule has 6 nitrogen and oxygen atoms in total. The molecule has 1 rings (SSSR count). The maximum absolute atomic E-state index is 10.6. The first kappa shape index (κ1) is 17.5. The summed E-state index contributed by atoms with van der Waals surface area (Å²) in [7, 11) is 1.65. The predicted molar refractivity (Wildman–Crippen MR) is 83.6 cm³/mol. The van der Waals surface area contributed by atoms with Crippen molar-refractivity contribution in [3.8, 4) is 0 Å². The smallest absolute Gasteiger partial charge is 0.191 e. The van der Waals surface area contributed by atoms with E-state index in [0.717, 1.165) is 23.6 Å². The Morgan fingerprint density at radius 1 is 1.43 bits per heavy atom. The number of guanidine groups is 1. The van der Waals surface area contributed by atoms with E-state index in [0.29, 0.717) is 19.1 Å². The van der Waals surface area contributed by atoms with Crippen LogP contribution in [0, 0.1) is 13.8 Å². The minimum absolute atomic E-state index is 0.245. The van der Waals surface area contributed by atoms with Gasteiger partial charge in [0, 0.05) is 25.8 Å². The van der Waals surface area contributed by atoms with Gasteiger partial charge in [-0.15, -0.1) is 0 Å². The van der Waals surface area contributed by atoms with E-state index in [9.17, 15) is 5.11 Å². The molecule has 0 aliphatic heterocycles. The Balaban J connectivity index is 2.74. The van der Waals surface area contributed by atoms with Crippen LogP contribution in [-0.2, 0) is 10.3 Å². The summed E-state index contributed by atoms with van der Waals surface area (Å²) in [6.45, 7) is 9.71. The molecule has 1 aromatic rings. The van der Waals surface area contributed by atoms with Crippen LogP contribution in [0.2, 0.25) is 0 Å². The molecular weight excluding hydrogens is 270 g/mol.